The predicted octanol–water partition coefficient (Wildman–Crippen LogP) is 2.25. The van der Waals surface area contributed by atoms with Gasteiger partial charge in [-0.15, -0.1) is 0 Å². The zero-order valence-corrected chi connectivity index (χ0v) is 16.9. The number of hydrogen-bond donors (Lipinski definition) is 0. The minimum atomic E-state index is -3.08. The number of rotatable bonds is 5. The van der Waals surface area contributed by atoms with Crippen molar-refractivity contribution < 1.29 is 13.2 Å². The summed E-state index contributed by atoms with van der Waals surface area (Å²) >= 11 is 0. The van der Waals surface area contributed by atoms with E-state index in [1.54, 1.807) is 36.4 Å². The van der Waals surface area contributed by atoms with Crippen molar-refractivity contribution in [1.82, 2.24) is 19.7 Å². The summed E-state index contributed by atoms with van der Waals surface area (Å²) in [4.78, 5) is 18.9. The van der Waals surface area contributed by atoms with Crippen LogP contribution in [-0.2, 0) is 16.4 Å². The molecule has 1 atom stereocenters. The van der Waals surface area contributed by atoms with E-state index in [1.807, 2.05) is 36.4 Å². The van der Waals surface area contributed by atoms with Crippen LogP contribution >= 0.6 is 0 Å². The van der Waals surface area contributed by atoms with Crippen molar-refractivity contribution in [3.8, 4) is 11.3 Å². The van der Waals surface area contributed by atoms with Crippen LogP contribution in [0.4, 0.5) is 0 Å². The fourth-order valence-corrected chi connectivity index (χ4v) is 5.36. The molecule has 1 aromatic carbocycles. The van der Waals surface area contributed by atoms with Gasteiger partial charge in [0.25, 0.3) is 5.91 Å². The molecule has 2 aromatic heterocycles. The highest BCUT2D eigenvalue weighted by Crippen LogP contribution is 2.25. The van der Waals surface area contributed by atoms with Crippen LogP contribution in [0.5, 0.6) is 0 Å². The Hall–Kier alpha value is -3.00. The van der Waals surface area contributed by atoms with Crippen molar-refractivity contribution >= 4 is 15.7 Å². The van der Waals surface area contributed by atoms with Crippen molar-refractivity contribution in [3.05, 3.63) is 72.2 Å². The summed E-state index contributed by atoms with van der Waals surface area (Å²) in [5.41, 5.74) is 2.81. The molecule has 1 saturated heterocycles. The van der Waals surface area contributed by atoms with Crippen LogP contribution in [0.1, 0.15) is 22.3 Å². The van der Waals surface area contributed by atoms with Gasteiger partial charge >= 0.3 is 0 Å². The fourth-order valence-electron chi connectivity index (χ4n) is 3.58. The Kier molecular flexibility index (Phi) is 5.19. The lowest BCUT2D eigenvalue weighted by molar-refractivity contribution is 0.0748. The van der Waals surface area contributed by atoms with Crippen LogP contribution in [0.3, 0.4) is 0 Å². The molecular formula is C21H22N4O3S. The predicted molar refractivity (Wildman–Crippen MR) is 110 cm³/mol. The molecule has 1 fully saturated rings. The normalized spacial score (nSPS) is 17.9. The molecule has 0 unspecified atom stereocenters. The molecule has 0 saturated carbocycles. The number of benzene rings is 1. The molecule has 3 heterocycles. The average Bonchev–Trinajstić information content (AvgIpc) is 3.31. The summed E-state index contributed by atoms with van der Waals surface area (Å²) in [7, 11) is -1.42. The molecule has 29 heavy (non-hydrogen) atoms. The largest absolute Gasteiger partial charge is 0.338 e. The van der Waals surface area contributed by atoms with E-state index >= 15 is 0 Å². The van der Waals surface area contributed by atoms with Crippen molar-refractivity contribution in [3.63, 3.8) is 0 Å². The average molecular weight is 410 g/mol. The maximum Gasteiger partial charge on any atom is 0.257 e. The maximum atomic E-state index is 13.3. The first-order chi connectivity index (χ1) is 13.9. The van der Waals surface area contributed by atoms with Gasteiger partial charge in [-0.1, -0.05) is 30.3 Å². The lowest BCUT2D eigenvalue weighted by Gasteiger charge is -2.23. The summed E-state index contributed by atoms with van der Waals surface area (Å²) in [6, 6.07) is 13.2. The molecule has 0 bridgehead atoms. The molecule has 1 aliphatic rings. The lowest BCUT2D eigenvalue weighted by atomic mass is 10.1. The number of hydrogen-bond acceptors (Lipinski definition) is 5. The Morgan fingerprint density at radius 3 is 2.66 bits per heavy atom. The standard InChI is InChI=1S/C21H22N4O3S/c1-24(18-9-11-29(27,28)15-18)21(26)19-14-25(13-16-6-3-2-4-7-16)23-20(19)17-8-5-10-22-12-17/h2-8,10,12,14,18H,9,11,13,15H2,1H3/t18-/m0/s1. The molecule has 0 spiro atoms. The van der Waals surface area contributed by atoms with Crippen LogP contribution in [0.15, 0.2) is 61.1 Å². The van der Waals surface area contributed by atoms with E-state index in [2.05, 4.69) is 10.1 Å². The van der Waals surface area contributed by atoms with Gasteiger partial charge in [0.05, 0.1) is 23.6 Å². The highest BCUT2D eigenvalue weighted by Gasteiger charge is 2.34. The Bertz CT molecular complexity index is 1110. The third-order valence-electron chi connectivity index (χ3n) is 5.19. The van der Waals surface area contributed by atoms with Crippen molar-refractivity contribution in [2.75, 3.05) is 18.6 Å². The molecule has 0 N–H and O–H groups in total. The Morgan fingerprint density at radius 1 is 1.21 bits per heavy atom. The number of nitrogens with zero attached hydrogens (tertiary/aromatic N) is 4. The second-order valence-corrected chi connectivity index (χ2v) is 9.52. The van der Waals surface area contributed by atoms with Crippen LogP contribution in [-0.4, -0.2) is 58.6 Å². The molecule has 8 heteroatoms. The smallest absolute Gasteiger partial charge is 0.257 e. The van der Waals surface area contributed by atoms with Gasteiger partial charge in [0.2, 0.25) is 0 Å². The maximum absolute atomic E-state index is 13.3. The van der Waals surface area contributed by atoms with Gasteiger partial charge < -0.3 is 4.90 Å². The fraction of sp³-hybridized carbons (Fsp3) is 0.286. The molecule has 1 amide bonds. The number of carbonyl (C=O) groups excluding carboxylic acids is 1. The van der Waals surface area contributed by atoms with Crippen molar-refractivity contribution in [2.24, 2.45) is 0 Å². The number of sulfone groups is 1. The van der Waals surface area contributed by atoms with Gasteiger partial charge in [-0.3, -0.25) is 14.5 Å². The Balaban J connectivity index is 1.68. The third kappa shape index (κ3) is 4.22. The van der Waals surface area contributed by atoms with Gasteiger partial charge in [0, 0.05) is 37.2 Å². The SMILES string of the molecule is CN(C(=O)c1cn(Cc2ccccc2)nc1-c1cccnc1)[C@H]1CCS(=O)(=O)C1. The minimum Gasteiger partial charge on any atom is -0.338 e. The third-order valence-corrected chi connectivity index (χ3v) is 6.94. The number of pyridine rings is 1. The first-order valence-electron chi connectivity index (χ1n) is 9.42. The first kappa shape index (κ1) is 19.3. The second-order valence-electron chi connectivity index (χ2n) is 7.29. The second kappa shape index (κ2) is 7.79. The van der Waals surface area contributed by atoms with E-state index in [4.69, 9.17) is 0 Å². The van der Waals surface area contributed by atoms with E-state index in [9.17, 15) is 13.2 Å². The summed E-state index contributed by atoms with van der Waals surface area (Å²) in [6.45, 7) is 0.531. The summed E-state index contributed by atoms with van der Waals surface area (Å²) in [6.07, 6.45) is 5.54. The molecule has 0 radical (unpaired) electrons. The zero-order valence-electron chi connectivity index (χ0n) is 16.1. The molecular weight excluding hydrogens is 388 g/mol. The molecule has 0 aliphatic carbocycles. The van der Waals surface area contributed by atoms with Gasteiger partial charge in [-0.05, 0) is 24.1 Å². The zero-order chi connectivity index (χ0) is 20.4. The number of carbonyl (C=O) groups is 1. The molecule has 4 rings (SSSR count). The topological polar surface area (TPSA) is 85.2 Å². The molecule has 3 aromatic rings. The highest BCUT2D eigenvalue weighted by atomic mass is 32.2. The first-order valence-corrected chi connectivity index (χ1v) is 11.2. The summed E-state index contributed by atoms with van der Waals surface area (Å²) in [5.74, 6) is -0.0987. The van der Waals surface area contributed by atoms with Gasteiger partial charge in [0.15, 0.2) is 9.84 Å². The van der Waals surface area contributed by atoms with E-state index < -0.39 is 9.84 Å². The van der Waals surface area contributed by atoms with E-state index in [-0.39, 0.29) is 23.5 Å². The van der Waals surface area contributed by atoms with Crippen LogP contribution < -0.4 is 0 Å². The van der Waals surface area contributed by atoms with Gasteiger partial charge in [-0.25, -0.2) is 8.42 Å². The van der Waals surface area contributed by atoms with E-state index in [0.29, 0.717) is 24.2 Å². The van der Waals surface area contributed by atoms with Crippen molar-refractivity contribution in [2.45, 2.75) is 19.0 Å². The van der Waals surface area contributed by atoms with Crippen LogP contribution in [0, 0.1) is 0 Å². The van der Waals surface area contributed by atoms with Crippen LogP contribution in [0.2, 0.25) is 0 Å². The quantitative estimate of drug-likeness (QED) is 0.644. The molecule has 7 nitrogen and oxygen atoms in total. The van der Waals surface area contributed by atoms with Gasteiger partial charge in [0.1, 0.15) is 5.69 Å². The monoisotopic (exact) mass is 410 g/mol. The summed E-state index contributed by atoms with van der Waals surface area (Å²) in [5, 5.41) is 4.65. The number of amides is 1. The summed E-state index contributed by atoms with van der Waals surface area (Å²) < 4.78 is 25.4. The van der Waals surface area contributed by atoms with Crippen LogP contribution in [0.25, 0.3) is 11.3 Å². The van der Waals surface area contributed by atoms with Crippen molar-refractivity contribution in [1.29, 1.82) is 0 Å². The minimum absolute atomic E-state index is 0.00954. The Morgan fingerprint density at radius 2 is 2.00 bits per heavy atom. The van der Waals surface area contributed by atoms with E-state index in [0.717, 1.165) is 11.1 Å². The number of aromatic nitrogens is 3. The van der Waals surface area contributed by atoms with E-state index in [1.165, 1.54) is 4.90 Å². The van der Waals surface area contributed by atoms with Gasteiger partial charge in [-0.2, -0.15) is 5.10 Å². The molecule has 1 aliphatic heterocycles. The lowest BCUT2D eigenvalue weighted by Crippen LogP contribution is -2.37. The highest BCUT2D eigenvalue weighted by molar-refractivity contribution is 7.91. The Labute approximate surface area is 169 Å². The molecule has 150 valence electrons.